The molecule has 0 radical (unpaired) electrons. The molecule has 0 atom stereocenters. The van der Waals surface area contributed by atoms with Crippen LogP contribution in [0.15, 0.2) is 66.9 Å². The highest BCUT2D eigenvalue weighted by atomic mass is 127. The lowest BCUT2D eigenvalue weighted by Crippen LogP contribution is -2.03. The summed E-state index contributed by atoms with van der Waals surface area (Å²) in [6.45, 7) is 4.56. The molecule has 0 bridgehead atoms. The molecule has 0 aliphatic rings. The average Bonchev–Trinajstić information content (AvgIpc) is 3.19. The summed E-state index contributed by atoms with van der Waals surface area (Å²) >= 11 is 2.27. The van der Waals surface area contributed by atoms with Crippen LogP contribution in [0.5, 0.6) is 5.75 Å². The molecule has 160 valence electrons. The van der Waals surface area contributed by atoms with E-state index in [0.717, 1.165) is 31.3 Å². The number of non-ortho nitro benzene ring substituents is 1. The molecule has 3 aromatic carbocycles. The van der Waals surface area contributed by atoms with Crippen LogP contribution >= 0.6 is 22.6 Å². The number of hydrogen-bond acceptors (Lipinski definition) is 4. The molecule has 0 fully saturated rings. The van der Waals surface area contributed by atoms with Crippen LogP contribution in [-0.4, -0.2) is 14.7 Å². The normalized spacial score (nSPS) is 10.8. The van der Waals surface area contributed by atoms with E-state index >= 15 is 0 Å². The molecular formula is C25H20IN3O3. The maximum atomic E-state index is 11.0. The van der Waals surface area contributed by atoms with Crippen molar-refractivity contribution in [3.05, 3.63) is 97.2 Å². The summed E-state index contributed by atoms with van der Waals surface area (Å²) < 4.78 is 9.17. The van der Waals surface area contributed by atoms with Crippen LogP contribution in [0.1, 0.15) is 36.6 Å². The third-order valence-electron chi connectivity index (χ3n) is 4.94. The van der Waals surface area contributed by atoms with Crippen molar-refractivity contribution in [1.82, 2.24) is 9.78 Å². The minimum Gasteiger partial charge on any atom is -0.488 e. The summed E-state index contributed by atoms with van der Waals surface area (Å²) in [6, 6.07) is 18.4. The Kier molecular flexibility index (Phi) is 6.42. The monoisotopic (exact) mass is 537 g/mol. The zero-order valence-corrected chi connectivity index (χ0v) is 19.7. The Hall–Kier alpha value is -3.38. The molecule has 0 N–H and O–H groups in total. The van der Waals surface area contributed by atoms with Gasteiger partial charge in [-0.15, -0.1) is 0 Å². The lowest BCUT2D eigenvalue weighted by atomic mass is 10.1. The molecule has 0 aliphatic carbocycles. The molecule has 0 aliphatic heterocycles. The van der Waals surface area contributed by atoms with Crippen molar-refractivity contribution in [2.24, 2.45) is 0 Å². The summed E-state index contributed by atoms with van der Waals surface area (Å²) in [5.74, 6) is 6.94. The van der Waals surface area contributed by atoms with Crippen molar-refractivity contribution in [1.29, 1.82) is 0 Å². The largest absolute Gasteiger partial charge is 0.488 e. The van der Waals surface area contributed by atoms with Crippen molar-refractivity contribution in [2.45, 2.75) is 26.5 Å². The number of fused-ring (bicyclic) bond motifs is 1. The quantitative estimate of drug-likeness (QED) is 0.133. The highest BCUT2D eigenvalue weighted by Crippen LogP contribution is 2.29. The number of nitro benzene ring substituents is 1. The minimum absolute atomic E-state index is 0.0269. The van der Waals surface area contributed by atoms with Crippen LogP contribution in [0.4, 0.5) is 5.69 Å². The van der Waals surface area contributed by atoms with Crippen LogP contribution in [0.2, 0.25) is 0 Å². The molecule has 6 nitrogen and oxygen atoms in total. The smallest absolute Gasteiger partial charge is 0.270 e. The summed E-state index contributed by atoms with van der Waals surface area (Å²) in [4.78, 5) is 10.6. The molecular weight excluding hydrogens is 517 g/mol. The highest BCUT2D eigenvalue weighted by molar-refractivity contribution is 14.1. The number of benzene rings is 3. The molecule has 32 heavy (non-hydrogen) atoms. The van der Waals surface area contributed by atoms with Crippen molar-refractivity contribution >= 4 is 39.2 Å². The van der Waals surface area contributed by atoms with Crippen molar-refractivity contribution in [3.8, 4) is 17.6 Å². The standard InChI is InChI=1S/C25H20IN3O3/c1-17(2)28-24-14-25(23(26)13-21(24)15-27-28)32-16-20-8-4-3-7-19(20)11-10-18-6-5-9-22(12-18)29(30)31/h3-9,12-15,17H,16H2,1-2H3. The summed E-state index contributed by atoms with van der Waals surface area (Å²) in [6.07, 6.45) is 1.88. The van der Waals surface area contributed by atoms with Crippen molar-refractivity contribution in [3.63, 3.8) is 0 Å². The number of rotatable bonds is 5. The molecule has 4 rings (SSSR count). The summed E-state index contributed by atoms with van der Waals surface area (Å²) in [5.41, 5.74) is 3.42. The van der Waals surface area contributed by atoms with E-state index in [1.54, 1.807) is 12.1 Å². The van der Waals surface area contributed by atoms with Gasteiger partial charge in [0.05, 0.1) is 20.2 Å². The van der Waals surface area contributed by atoms with E-state index in [2.05, 4.69) is 59.4 Å². The molecule has 1 aromatic heterocycles. The molecule has 0 saturated carbocycles. The van der Waals surface area contributed by atoms with E-state index in [4.69, 9.17) is 4.74 Å². The second kappa shape index (κ2) is 9.40. The van der Waals surface area contributed by atoms with E-state index in [0.29, 0.717) is 12.2 Å². The zero-order chi connectivity index (χ0) is 22.7. The fourth-order valence-electron chi connectivity index (χ4n) is 3.33. The molecule has 0 spiro atoms. The minimum atomic E-state index is -0.420. The van der Waals surface area contributed by atoms with Gasteiger partial charge in [-0.3, -0.25) is 14.8 Å². The van der Waals surface area contributed by atoms with Gasteiger partial charge in [-0.05, 0) is 54.6 Å². The number of aromatic nitrogens is 2. The van der Waals surface area contributed by atoms with Gasteiger partial charge in [0.15, 0.2) is 0 Å². The lowest BCUT2D eigenvalue weighted by molar-refractivity contribution is -0.384. The molecule has 0 saturated heterocycles. The molecule has 0 amide bonds. The van der Waals surface area contributed by atoms with Gasteiger partial charge in [-0.25, -0.2) is 0 Å². The predicted molar refractivity (Wildman–Crippen MR) is 133 cm³/mol. The Bertz CT molecular complexity index is 1370. The Morgan fingerprint density at radius 3 is 2.72 bits per heavy atom. The van der Waals surface area contributed by atoms with Gasteiger partial charge < -0.3 is 4.74 Å². The van der Waals surface area contributed by atoms with E-state index in [9.17, 15) is 10.1 Å². The van der Waals surface area contributed by atoms with E-state index < -0.39 is 4.92 Å². The maximum Gasteiger partial charge on any atom is 0.270 e. The van der Waals surface area contributed by atoms with Gasteiger partial charge in [-0.1, -0.05) is 36.1 Å². The third kappa shape index (κ3) is 4.75. The Labute approximate surface area is 199 Å². The van der Waals surface area contributed by atoms with Crippen molar-refractivity contribution < 1.29 is 9.66 Å². The SMILES string of the molecule is CC(C)n1ncc2cc(I)c(OCc3ccccc3C#Cc3cccc([N+](=O)[O-])c3)cc21. The Balaban J connectivity index is 1.59. The van der Waals surface area contributed by atoms with Crippen LogP contribution in [-0.2, 0) is 6.61 Å². The molecule has 7 heteroatoms. The van der Waals surface area contributed by atoms with E-state index in [1.807, 2.05) is 41.2 Å². The van der Waals surface area contributed by atoms with Crippen LogP contribution in [0, 0.1) is 25.5 Å². The first kappa shape index (κ1) is 21.8. The number of hydrogen-bond donors (Lipinski definition) is 0. The molecule has 1 heterocycles. The number of nitrogens with zero attached hydrogens (tertiary/aromatic N) is 3. The molecule has 4 aromatic rings. The molecule has 0 unspecified atom stereocenters. The van der Waals surface area contributed by atoms with E-state index in [1.165, 1.54) is 12.1 Å². The predicted octanol–water partition coefficient (Wildman–Crippen LogP) is 6.11. The summed E-state index contributed by atoms with van der Waals surface area (Å²) in [7, 11) is 0. The number of nitro groups is 1. The zero-order valence-electron chi connectivity index (χ0n) is 17.6. The fourth-order valence-corrected chi connectivity index (χ4v) is 3.98. The first-order valence-corrected chi connectivity index (χ1v) is 11.1. The van der Waals surface area contributed by atoms with Crippen molar-refractivity contribution in [2.75, 3.05) is 0 Å². The first-order valence-electron chi connectivity index (χ1n) is 10.1. The lowest BCUT2D eigenvalue weighted by Gasteiger charge is -2.12. The van der Waals surface area contributed by atoms with Gasteiger partial charge in [0.1, 0.15) is 12.4 Å². The van der Waals surface area contributed by atoms with Crippen LogP contribution < -0.4 is 4.74 Å². The topological polar surface area (TPSA) is 70.2 Å². The second-order valence-electron chi connectivity index (χ2n) is 7.53. The summed E-state index contributed by atoms with van der Waals surface area (Å²) in [5, 5.41) is 16.5. The highest BCUT2D eigenvalue weighted by Gasteiger charge is 2.11. The van der Waals surface area contributed by atoms with E-state index in [-0.39, 0.29) is 11.7 Å². The fraction of sp³-hybridized carbons (Fsp3) is 0.160. The number of ether oxygens (including phenoxy) is 1. The first-order chi connectivity index (χ1) is 15.4. The second-order valence-corrected chi connectivity index (χ2v) is 8.69. The van der Waals surface area contributed by atoms with Gasteiger partial charge >= 0.3 is 0 Å². The van der Waals surface area contributed by atoms with Crippen LogP contribution in [0.3, 0.4) is 0 Å². The Morgan fingerprint density at radius 1 is 1.12 bits per heavy atom. The van der Waals surface area contributed by atoms with Gasteiger partial charge in [0.25, 0.3) is 5.69 Å². The third-order valence-corrected chi connectivity index (χ3v) is 5.78. The number of halogens is 1. The van der Waals surface area contributed by atoms with Gasteiger partial charge in [0, 0.05) is 46.3 Å². The van der Waals surface area contributed by atoms with Gasteiger partial charge in [-0.2, -0.15) is 5.10 Å². The van der Waals surface area contributed by atoms with Crippen LogP contribution in [0.25, 0.3) is 10.9 Å². The maximum absolute atomic E-state index is 11.0. The van der Waals surface area contributed by atoms with Gasteiger partial charge in [0.2, 0.25) is 0 Å². The Morgan fingerprint density at radius 2 is 1.94 bits per heavy atom. The average molecular weight is 537 g/mol.